The first-order valence-electron chi connectivity index (χ1n) is 13.0. The summed E-state index contributed by atoms with van der Waals surface area (Å²) >= 11 is 0. The molecule has 0 spiro atoms. The highest BCUT2D eigenvalue weighted by molar-refractivity contribution is 6.04. The van der Waals surface area contributed by atoms with Crippen LogP contribution in [0.1, 0.15) is 66.7 Å². The van der Waals surface area contributed by atoms with Gasteiger partial charge < -0.3 is 21.3 Å². The number of rotatable bonds is 8. The number of aryl methyl sites for hydroxylation is 1. The second-order valence-corrected chi connectivity index (χ2v) is 10.8. The minimum atomic E-state index is -0.332. The molecule has 0 aliphatic carbocycles. The first-order chi connectivity index (χ1) is 18.9. The average molecular weight is 542 g/mol. The molecule has 0 saturated carbocycles. The Balaban J connectivity index is 1.65. The first kappa shape index (κ1) is 28.2. The van der Waals surface area contributed by atoms with Crippen molar-refractivity contribution in [3.8, 4) is 5.82 Å². The van der Waals surface area contributed by atoms with E-state index in [4.69, 9.17) is 0 Å². The third kappa shape index (κ3) is 6.60. The Kier molecular flexibility index (Phi) is 8.13. The summed E-state index contributed by atoms with van der Waals surface area (Å²) in [5.41, 5.74) is 3.66. The number of benzene rings is 1. The lowest BCUT2D eigenvalue weighted by Gasteiger charge is -2.18. The molecule has 0 aliphatic heterocycles. The highest BCUT2D eigenvalue weighted by Crippen LogP contribution is 2.27. The predicted octanol–water partition coefficient (Wildman–Crippen LogP) is 4.84. The van der Waals surface area contributed by atoms with Gasteiger partial charge in [0, 0.05) is 59.5 Å². The number of hydrogen-bond acceptors (Lipinski definition) is 8. The molecule has 4 rings (SSSR count). The summed E-state index contributed by atoms with van der Waals surface area (Å²) < 4.78 is 1.55. The van der Waals surface area contributed by atoms with Crippen LogP contribution in [0.4, 0.5) is 23.0 Å². The molecule has 0 radical (unpaired) electrons. The zero-order valence-electron chi connectivity index (χ0n) is 23.8. The van der Waals surface area contributed by atoms with Crippen LogP contribution in [0.25, 0.3) is 5.82 Å². The molecule has 11 heteroatoms. The van der Waals surface area contributed by atoms with Crippen molar-refractivity contribution in [3.63, 3.8) is 0 Å². The van der Waals surface area contributed by atoms with Crippen LogP contribution in [0.5, 0.6) is 0 Å². The summed E-state index contributed by atoms with van der Waals surface area (Å²) in [5.74, 6) is 1.06. The Morgan fingerprint density at radius 2 is 1.73 bits per heavy atom. The van der Waals surface area contributed by atoms with Gasteiger partial charge in [-0.25, -0.2) is 9.97 Å². The van der Waals surface area contributed by atoms with Crippen LogP contribution >= 0.6 is 0 Å². The van der Waals surface area contributed by atoms with E-state index >= 15 is 0 Å². The third-order valence-electron chi connectivity index (χ3n) is 6.02. The van der Waals surface area contributed by atoms with Gasteiger partial charge in [0.1, 0.15) is 18.0 Å². The fourth-order valence-electron chi connectivity index (χ4n) is 3.88. The van der Waals surface area contributed by atoms with Crippen LogP contribution in [0, 0.1) is 6.92 Å². The van der Waals surface area contributed by atoms with Gasteiger partial charge in [0.05, 0.1) is 0 Å². The van der Waals surface area contributed by atoms with Gasteiger partial charge in [0.2, 0.25) is 0 Å². The van der Waals surface area contributed by atoms with Crippen molar-refractivity contribution in [1.82, 2.24) is 30.0 Å². The van der Waals surface area contributed by atoms with E-state index in [1.807, 2.05) is 45.0 Å². The Bertz CT molecular complexity index is 1540. The first-order valence-corrected chi connectivity index (χ1v) is 13.0. The van der Waals surface area contributed by atoms with Crippen LogP contribution in [-0.2, 0) is 5.41 Å². The molecule has 1 aromatic carbocycles. The van der Waals surface area contributed by atoms with Crippen molar-refractivity contribution in [2.45, 2.75) is 53.0 Å². The van der Waals surface area contributed by atoms with Gasteiger partial charge >= 0.3 is 0 Å². The topological polar surface area (TPSA) is 139 Å². The number of amides is 2. The summed E-state index contributed by atoms with van der Waals surface area (Å²) in [4.78, 5) is 38.5. The van der Waals surface area contributed by atoms with Gasteiger partial charge in [-0.2, -0.15) is 9.78 Å². The molecular formula is C29H35N9O2. The van der Waals surface area contributed by atoms with Crippen molar-refractivity contribution in [3.05, 3.63) is 77.5 Å². The lowest BCUT2D eigenvalue weighted by molar-refractivity contribution is 0.0956. The summed E-state index contributed by atoms with van der Waals surface area (Å²) in [6.45, 7) is 12.1. The SMILES string of the molecule is CNC(=O)c1cc(Nc2cc(NC(=O)c3ccnc(C(C)(C)C)c3)ccc2C)n(-c2cc(NC(C)C)ncn2)n1. The highest BCUT2D eigenvalue weighted by atomic mass is 16.2. The fourth-order valence-corrected chi connectivity index (χ4v) is 3.88. The second-order valence-electron chi connectivity index (χ2n) is 10.8. The van der Waals surface area contributed by atoms with E-state index in [9.17, 15) is 9.59 Å². The van der Waals surface area contributed by atoms with E-state index < -0.39 is 0 Å². The van der Waals surface area contributed by atoms with Gasteiger partial charge in [0.15, 0.2) is 11.5 Å². The molecule has 0 atom stereocenters. The summed E-state index contributed by atoms with van der Waals surface area (Å²) in [6, 6.07) is 12.7. The maximum Gasteiger partial charge on any atom is 0.271 e. The third-order valence-corrected chi connectivity index (χ3v) is 6.02. The number of anilines is 4. The molecule has 0 saturated heterocycles. The predicted molar refractivity (Wildman–Crippen MR) is 157 cm³/mol. The van der Waals surface area contributed by atoms with Crippen molar-refractivity contribution < 1.29 is 9.59 Å². The van der Waals surface area contributed by atoms with Crippen molar-refractivity contribution in [2.24, 2.45) is 0 Å². The minimum Gasteiger partial charge on any atom is -0.368 e. The largest absolute Gasteiger partial charge is 0.368 e. The number of pyridine rings is 1. The smallest absolute Gasteiger partial charge is 0.271 e. The van der Waals surface area contributed by atoms with E-state index in [0.717, 1.165) is 16.9 Å². The molecule has 4 aromatic rings. The Morgan fingerprint density at radius 1 is 0.950 bits per heavy atom. The van der Waals surface area contributed by atoms with Crippen molar-refractivity contribution >= 4 is 34.8 Å². The standard InChI is InChI=1S/C29H35N9O2/c1-17(2)34-24-15-25(33-16-32-24)38-26(14-22(37-38)28(40)30-7)36-21-13-20(9-8-18(21)3)35-27(39)19-10-11-31-23(12-19)29(4,5)6/h8-17,36H,1-7H3,(H,30,40)(H,35,39)(H,32,33,34). The molecule has 3 aromatic heterocycles. The van der Waals surface area contributed by atoms with Gasteiger partial charge in [-0.3, -0.25) is 14.6 Å². The molecule has 2 amide bonds. The van der Waals surface area contributed by atoms with Crippen molar-refractivity contribution in [1.29, 1.82) is 0 Å². The minimum absolute atomic E-state index is 0.173. The molecule has 3 heterocycles. The number of nitrogens with zero attached hydrogens (tertiary/aromatic N) is 5. The van der Waals surface area contributed by atoms with Gasteiger partial charge in [-0.05, 0) is 50.6 Å². The molecule has 0 unspecified atom stereocenters. The van der Waals surface area contributed by atoms with Crippen LogP contribution in [-0.4, -0.2) is 49.6 Å². The summed E-state index contributed by atoms with van der Waals surface area (Å²) in [7, 11) is 1.55. The van der Waals surface area contributed by atoms with E-state index in [0.29, 0.717) is 28.7 Å². The molecule has 11 nitrogen and oxygen atoms in total. The molecule has 0 aliphatic rings. The normalized spacial score (nSPS) is 11.3. The quantitative estimate of drug-likeness (QED) is 0.249. The van der Waals surface area contributed by atoms with E-state index in [2.05, 4.69) is 62.1 Å². The maximum atomic E-state index is 13.1. The molecule has 40 heavy (non-hydrogen) atoms. The van der Waals surface area contributed by atoms with Gasteiger partial charge in [-0.15, -0.1) is 0 Å². The number of carbonyl (C=O) groups excluding carboxylic acids is 2. The van der Waals surface area contributed by atoms with Crippen LogP contribution in [0.3, 0.4) is 0 Å². The highest BCUT2D eigenvalue weighted by Gasteiger charge is 2.19. The van der Waals surface area contributed by atoms with Crippen LogP contribution < -0.4 is 21.3 Å². The maximum absolute atomic E-state index is 13.1. The monoisotopic (exact) mass is 541 g/mol. The number of hydrogen-bond donors (Lipinski definition) is 4. The molecule has 0 fully saturated rings. The second kappa shape index (κ2) is 11.5. The zero-order chi connectivity index (χ0) is 29.0. The Hall–Kier alpha value is -4.80. The number of nitrogens with one attached hydrogen (secondary N) is 4. The van der Waals surface area contributed by atoms with E-state index in [1.165, 1.54) is 6.33 Å². The molecular weight excluding hydrogens is 506 g/mol. The van der Waals surface area contributed by atoms with Crippen molar-refractivity contribution in [2.75, 3.05) is 23.0 Å². The average Bonchev–Trinajstić information content (AvgIpc) is 3.33. The fraction of sp³-hybridized carbons (Fsp3) is 0.310. The molecule has 208 valence electrons. The lowest BCUT2D eigenvalue weighted by atomic mass is 9.91. The van der Waals surface area contributed by atoms with Crippen LogP contribution in [0.15, 0.2) is 55.0 Å². The summed E-state index contributed by atoms with van der Waals surface area (Å²) in [5, 5.41) is 16.7. The molecule has 0 bridgehead atoms. The van der Waals surface area contributed by atoms with Gasteiger partial charge in [0.25, 0.3) is 11.8 Å². The number of aromatic nitrogens is 5. The number of carbonyl (C=O) groups is 2. The van der Waals surface area contributed by atoms with Gasteiger partial charge in [-0.1, -0.05) is 26.8 Å². The van der Waals surface area contributed by atoms with Crippen LogP contribution in [0.2, 0.25) is 0 Å². The van der Waals surface area contributed by atoms with E-state index in [1.54, 1.807) is 36.1 Å². The zero-order valence-corrected chi connectivity index (χ0v) is 23.8. The Morgan fingerprint density at radius 3 is 2.42 bits per heavy atom. The summed E-state index contributed by atoms with van der Waals surface area (Å²) in [6.07, 6.45) is 3.09. The van der Waals surface area contributed by atoms with E-state index in [-0.39, 0.29) is 29.0 Å². The molecule has 4 N–H and O–H groups in total. The lowest BCUT2D eigenvalue weighted by Crippen LogP contribution is -2.18. The Labute approximate surface area is 233 Å².